The second-order valence-electron chi connectivity index (χ2n) is 4.11. The number of hydrogen-bond donors (Lipinski definition) is 1. The average molecular weight is 309 g/mol. The maximum Gasteiger partial charge on any atom is 0.123 e. The number of halogens is 2. The molecule has 18 heavy (non-hydrogen) atoms. The molecule has 0 aliphatic heterocycles. The Bertz CT molecular complexity index is 531. The van der Waals surface area contributed by atoms with E-state index in [0.717, 1.165) is 22.0 Å². The topological polar surface area (TPSA) is 24.9 Å². The molecule has 2 aromatic rings. The zero-order chi connectivity index (χ0) is 13.0. The van der Waals surface area contributed by atoms with E-state index >= 15 is 0 Å². The van der Waals surface area contributed by atoms with Crippen LogP contribution in [-0.2, 0) is 6.42 Å². The third-order valence-electron chi connectivity index (χ3n) is 2.81. The highest BCUT2D eigenvalue weighted by Crippen LogP contribution is 2.20. The third-order valence-corrected chi connectivity index (χ3v) is 3.24. The van der Waals surface area contributed by atoms with Crippen molar-refractivity contribution in [2.24, 2.45) is 0 Å². The smallest absolute Gasteiger partial charge is 0.123 e. The monoisotopic (exact) mass is 308 g/mol. The van der Waals surface area contributed by atoms with E-state index in [2.05, 4.69) is 26.2 Å². The first-order chi connectivity index (χ1) is 8.69. The van der Waals surface area contributed by atoms with E-state index in [1.807, 2.05) is 25.4 Å². The minimum Gasteiger partial charge on any atom is -0.313 e. The molecule has 1 atom stereocenters. The molecule has 0 saturated carbocycles. The summed E-state index contributed by atoms with van der Waals surface area (Å²) < 4.78 is 14.1. The standard InChI is InChI=1S/C14H14BrFN2/c1-17-14(11-7-12(15)9-18-8-11)6-10-3-2-4-13(16)5-10/h2-5,7-9,14,17H,6H2,1H3. The maximum atomic E-state index is 13.1. The van der Waals surface area contributed by atoms with E-state index in [1.54, 1.807) is 18.3 Å². The first kappa shape index (κ1) is 13.2. The Kier molecular flexibility index (Phi) is 4.44. The van der Waals surface area contributed by atoms with Gasteiger partial charge in [0.2, 0.25) is 0 Å². The number of hydrogen-bond acceptors (Lipinski definition) is 2. The minimum atomic E-state index is -0.199. The van der Waals surface area contributed by atoms with Gasteiger partial charge >= 0.3 is 0 Å². The molecule has 0 fully saturated rings. The highest BCUT2D eigenvalue weighted by molar-refractivity contribution is 9.10. The molecule has 1 heterocycles. The van der Waals surface area contributed by atoms with Gasteiger partial charge in [0.1, 0.15) is 5.82 Å². The Morgan fingerprint density at radius 1 is 1.33 bits per heavy atom. The van der Waals surface area contributed by atoms with Gasteiger partial charge in [0.05, 0.1) is 0 Å². The average Bonchev–Trinajstić information content (AvgIpc) is 2.36. The molecular formula is C14H14BrFN2. The highest BCUT2D eigenvalue weighted by Gasteiger charge is 2.11. The Morgan fingerprint density at radius 3 is 2.83 bits per heavy atom. The molecule has 2 rings (SSSR count). The van der Waals surface area contributed by atoms with Crippen LogP contribution >= 0.6 is 15.9 Å². The van der Waals surface area contributed by atoms with Crippen LogP contribution in [0.1, 0.15) is 17.2 Å². The van der Waals surface area contributed by atoms with E-state index in [1.165, 1.54) is 6.07 Å². The normalized spacial score (nSPS) is 12.4. The van der Waals surface area contributed by atoms with Gasteiger partial charge < -0.3 is 5.32 Å². The first-order valence-corrected chi connectivity index (χ1v) is 6.50. The Morgan fingerprint density at radius 2 is 2.17 bits per heavy atom. The Hall–Kier alpha value is -1.26. The van der Waals surface area contributed by atoms with Gasteiger partial charge in [-0.1, -0.05) is 12.1 Å². The van der Waals surface area contributed by atoms with Crippen LogP contribution < -0.4 is 5.32 Å². The van der Waals surface area contributed by atoms with Crippen molar-refractivity contribution in [1.82, 2.24) is 10.3 Å². The number of likely N-dealkylation sites (N-methyl/N-ethyl adjacent to an activating group) is 1. The van der Waals surface area contributed by atoms with Crippen LogP contribution in [0.2, 0.25) is 0 Å². The molecule has 1 unspecified atom stereocenters. The summed E-state index contributed by atoms with van der Waals surface area (Å²) >= 11 is 3.41. The van der Waals surface area contributed by atoms with Crippen LogP contribution in [0.4, 0.5) is 4.39 Å². The summed E-state index contributed by atoms with van der Waals surface area (Å²) in [5.74, 6) is -0.199. The van der Waals surface area contributed by atoms with Crippen molar-refractivity contribution in [3.05, 3.63) is 64.1 Å². The second kappa shape index (κ2) is 6.07. The molecular weight excluding hydrogens is 295 g/mol. The van der Waals surface area contributed by atoms with Gasteiger partial charge in [0.25, 0.3) is 0 Å². The molecule has 4 heteroatoms. The molecule has 0 amide bonds. The summed E-state index contributed by atoms with van der Waals surface area (Å²) in [5, 5.41) is 3.23. The molecule has 1 aromatic carbocycles. The molecule has 0 saturated heterocycles. The minimum absolute atomic E-state index is 0.122. The van der Waals surface area contributed by atoms with E-state index < -0.39 is 0 Å². The van der Waals surface area contributed by atoms with Crippen molar-refractivity contribution in [2.45, 2.75) is 12.5 Å². The lowest BCUT2D eigenvalue weighted by molar-refractivity contribution is 0.582. The van der Waals surface area contributed by atoms with Gasteiger partial charge in [-0.3, -0.25) is 4.98 Å². The van der Waals surface area contributed by atoms with E-state index in [9.17, 15) is 4.39 Å². The Balaban J connectivity index is 2.19. The van der Waals surface area contributed by atoms with E-state index in [4.69, 9.17) is 0 Å². The van der Waals surface area contributed by atoms with Crippen molar-refractivity contribution in [1.29, 1.82) is 0 Å². The third kappa shape index (κ3) is 3.37. The zero-order valence-electron chi connectivity index (χ0n) is 10.0. The summed E-state index contributed by atoms with van der Waals surface area (Å²) in [4.78, 5) is 4.15. The van der Waals surface area contributed by atoms with Crippen LogP contribution in [0.3, 0.4) is 0 Å². The van der Waals surface area contributed by atoms with Gasteiger partial charge in [-0.05, 0) is 58.7 Å². The van der Waals surface area contributed by atoms with Crippen LogP contribution in [0, 0.1) is 5.82 Å². The lowest BCUT2D eigenvalue weighted by atomic mass is 10.0. The number of pyridine rings is 1. The zero-order valence-corrected chi connectivity index (χ0v) is 11.6. The SMILES string of the molecule is CNC(Cc1cccc(F)c1)c1cncc(Br)c1. The number of benzene rings is 1. The van der Waals surface area contributed by atoms with Gasteiger partial charge in [-0.2, -0.15) is 0 Å². The number of nitrogens with zero attached hydrogens (tertiary/aromatic N) is 1. The first-order valence-electron chi connectivity index (χ1n) is 5.71. The maximum absolute atomic E-state index is 13.1. The van der Waals surface area contributed by atoms with Crippen molar-refractivity contribution in [3.63, 3.8) is 0 Å². The molecule has 0 aliphatic rings. The van der Waals surface area contributed by atoms with Crippen LogP contribution in [0.25, 0.3) is 0 Å². The lowest BCUT2D eigenvalue weighted by Gasteiger charge is -2.16. The fourth-order valence-corrected chi connectivity index (χ4v) is 2.29. The summed E-state index contributed by atoms with van der Waals surface area (Å²) in [6.07, 6.45) is 4.30. The van der Waals surface area contributed by atoms with Crippen molar-refractivity contribution >= 4 is 15.9 Å². The predicted octanol–water partition coefficient (Wildman–Crippen LogP) is 3.49. The van der Waals surface area contributed by atoms with Gasteiger partial charge in [-0.25, -0.2) is 4.39 Å². The van der Waals surface area contributed by atoms with Crippen LogP contribution in [0.5, 0.6) is 0 Å². The van der Waals surface area contributed by atoms with E-state index in [-0.39, 0.29) is 11.9 Å². The molecule has 1 aromatic heterocycles. The molecule has 0 radical (unpaired) electrons. The highest BCUT2D eigenvalue weighted by atomic mass is 79.9. The summed E-state index contributed by atoms with van der Waals surface area (Å²) in [7, 11) is 1.89. The lowest BCUT2D eigenvalue weighted by Crippen LogP contribution is -2.19. The van der Waals surface area contributed by atoms with Gasteiger partial charge in [0, 0.05) is 22.9 Å². The van der Waals surface area contributed by atoms with E-state index in [0.29, 0.717) is 0 Å². The number of aromatic nitrogens is 1. The van der Waals surface area contributed by atoms with Crippen molar-refractivity contribution in [3.8, 4) is 0 Å². The number of nitrogens with one attached hydrogen (secondary N) is 1. The number of rotatable bonds is 4. The molecule has 0 aliphatic carbocycles. The summed E-state index contributed by atoms with van der Waals surface area (Å²) in [6, 6.07) is 8.83. The molecule has 1 N–H and O–H groups in total. The van der Waals surface area contributed by atoms with Crippen LogP contribution in [0.15, 0.2) is 47.2 Å². The Labute approximate surface area is 114 Å². The summed E-state index contributed by atoms with van der Waals surface area (Å²) in [6.45, 7) is 0. The predicted molar refractivity (Wildman–Crippen MR) is 73.8 cm³/mol. The van der Waals surface area contributed by atoms with Crippen molar-refractivity contribution in [2.75, 3.05) is 7.05 Å². The largest absolute Gasteiger partial charge is 0.313 e. The molecule has 0 spiro atoms. The summed E-state index contributed by atoms with van der Waals surface area (Å²) in [5.41, 5.74) is 2.05. The molecule has 2 nitrogen and oxygen atoms in total. The van der Waals surface area contributed by atoms with Gasteiger partial charge in [0.15, 0.2) is 0 Å². The quantitative estimate of drug-likeness (QED) is 0.935. The fourth-order valence-electron chi connectivity index (χ4n) is 1.91. The van der Waals surface area contributed by atoms with Gasteiger partial charge in [-0.15, -0.1) is 0 Å². The molecule has 94 valence electrons. The molecule has 0 bridgehead atoms. The van der Waals surface area contributed by atoms with Crippen LogP contribution in [-0.4, -0.2) is 12.0 Å². The van der Waals surface area contributed by atoms with Crippen molar-refractivity contribution < 1.29 is 4.39 Å². The second-order valence-corrected chi connectivity index (χ2v) is 5.03. The fraction of sp³-hybridized carbons (Fsp3) is 0.214.